The van der Waals surface area contributed by atoms with Crippen molar-refractivity contribution < 1.29 is 84.4 Å². The number of nitrogens with zero attached hydrogens (tertiary/aromatic N) is 8. The lowest BCUT2D eigenvalue weighted by Gasteiger charge is -2.30. The number of aromatic nitrogens is 8. The van der Waals surface area contributed by atoms with Gasteiger partial charge in [-0.3, -0.25) is 41.9 Å². The number of primary amides is 1. The van der Waals surface area contributed by atoms with E-state index >= 15 is 4.39 Å². The summed E-state index contributed by atoms with van der Waals surface area (Å²) < 4.78 is 84.7. The van der Waals surface area contributed by atoms with Crippen molar-refractivity contribution in [2.45, 2.75) is 121 Å². The number of hydrogen-bond acceptors (Lipinski definition) is 25. The summed E-state index contributed by atoms with van der Waals surface area (Å²) in [7, 11) is 0. The number of carbonyl (C=O) groups excluding carboxylic acids is 6. The lowest BCUT2D eigenvalue weighted by Crippen LogP contribution is -2.54. The van der Waals surface area contributed by atoms with Crippen molar-refractivity contribution in [3.63, 3.8) is 0 Å². The number of nitrogens with one attached hydrogen (secondary N) is 4. The molecule has 12 atom stereocenters. The number of urea groups is 1. The van der Waals surface area contributed by atoms with Gasteiger partial charge in [0.25, 0.3) is 0 Å². The normalized spacial score (nSPS) is 26.1. The Kier molecular flexibility index (Phi) is 20.5. The van der Waals surface area contributed by atoms with E-state index in [9.17, 15) is 38.2 Å². The van der Waals surface area contributed by atoms with Gasteiger partial charge < -0.3 is 71.6 Å². The van der Waals surface area contributed by atoms with Crippen molar-refractivity contribution >= 4 is 113 Å². The molecular formula is C46H60FN15O17P2S2. The maximum absolute atomic E-state index is 16.4. The SMILES string of the molecule is CCC(=O)N[C@H](C(=O)N[C@@H](CCCNC(N)=O)C(=O)Nc1ccc(COC(=O)OCCCC(=O)O[C@@H]2[C@@H]3OP(O)(=S)OC[C@H]4O[C@@H](n5cnc6c(N)ncnc65)[C@H](F)[C@@H]4OP(=O)(S)OC[C@H]3O[C@H]2n2cnc3c(N)ncnc32)cc1)C(C)C. The van der Waals surface area contributed by atoms with Crippen LogP contribution in [0.3, 0.4) is 0 Å². The first-order chi connectivity index (χ1) is 39.5. The summed E-state index contributed by atoms with van der Waals surface area (Å²) in [6.45, 7) is -5.75. The summed E-state index contributed by atoms with van der Waals surface area (Å²) in [5.74, 6) is -2.68. The number of thiol groups is 1. The fraction of sp³-hybridized carbons (Fsp3) is 0.522. The number of amides is 5. The molecule has 0 spiro atoms. The van der Waals surface area contributed by atoms with Crippen molar-refractivity contribution in [3.05, 3.63) is 55.1 Å². The number of nitrogen functional groups attached to an aromatic ring is 2. The third-order valence-electron chi connectivity index (χ3n) is 13.0. The molecule has 3 aliphatic heterocycles. The number of alkyl halides is 1. The van der Waals surface area contributed by atoms with Gasteiger partial charge in [0.15, 0.2) is 47.7 Å². The van der Waals surface area contributed by atoms with Crippen LogP contribution in [-0.2, 0) is 83.9 Å². The van der Waals surface area contributed by atoms with Gasteiger partial charge in [0.05, 0.1) is 32.5 Å². The number of ether oxygens (including phenoxy) is 5. The molecule has 1 aromatic carbocycles. The number of nitrogens with two attached hydrogens (primary N) is 3. The van der Waals surface area contributed by atoms with Gasteiger partial charge >= 0.3 is 31.7 Å². The summed E-state index contributed by atoms with van der Waals surface area (Å²) in [6.07, 6.45) is -8.94. The number of anilines is 3. The minimum Gasteiger partial charge on any atom is -0.455 e. The van der Waals surface area contributed by atoms with Crippen molar-refractivity contribution in [1.82, 2.24) is 55.0 Å². The predicted molar refractivity (Wildman–Crippen MR) is 293 cm³/mol. The standard InChI is InChI=1S/C46H60FN15O17P2S2/c1-4-28(63)60-31(22(2)3)42(66)59-25(7-5-13-51-45(50)67)41(65)58-24-11-9-23(10-12-24)15-72-46(68)71-14-6-8-29(64)77-36-35-27(76-44(36)62-21-57-33-38(49)53-19-55-40(33)62)17-74-80(69,82)78-34-26(16-73-81(70,83)79-35)75-43(30(34)47)61-20-56-32-37(48)52-18-54-39(32)61/h9-12,18-22,25-27,30-31,34-36,43-44H,4-8,13-17H2,1-3H3,(H,58,65)(H,59,66)(H,60,63)(H,69,82)(H,70,83)(H2,48,52,54)(H2,49,53,55)(H3,50,51,67)/t25-,26+,27+,30+,31-,34+,35+,36+,43+,44+,80?,81?/m0/s1. The Balaban J connectivity index is 0.874. The number of imidazole rings is 2. The lowest BCUT2D eigenvalue weighted by molar-refractivity contribution is -0.158. The molecule has 7 heterocycles. The third kappa shape index (κ3) is 15.7. The highest BCUT2D eigenvalue weighted by molar-refractivity contribution is 8.44. The van der Waals surface area contributed by atoms with Crippen molar-refractivity contribution in [3.8, 4) is 0 Å². The van der Waals surface area contributed by atoms with Crippen molar-refractivity contribution in [2.24, 2.45) is 11.7 Å². The minimum absolute atomic E-state index is 0.00662. The van der Waals surface area contributed by atoms with Gasteiger partial charge in [0, 0.05) is 25.1 Å². The molecule has 3 aliphatic rings. The maximum atomic E-state index is 16.4. The zero-order chi connectivity index (χ0) is 59.8. The number of esters is 1. The first-order valence-corrected chi connectivity index (χ1v) is 30.9. The quantitative estimate of drug-likeness (QED) is 0.0234. The van der Waals surface area contributed by atoms with E-state index in [1.54, 1.807) is 32.9 Å². The molecule has 0 saturated carbocycles. The van der Waals surface area contributed by atoms with Crippen LogP contribution in [0, 0.1) is 5.92 Å². The van der Waals surface area contributed by atoms with Crippen LogP contribution >= 0.6 is 25.8 Å². The Morgan fingerprint density at radius 3 is 2.12 bits per heavy atom. The van der Waals surface area contributed by atoms with Crippen LogP contribution in [-0.4, -0.2) is 155 Å². The molecule has 0 aliphatic carbocycles. The van der Waals surface area contributed by atoms with Gasteiger partial charge in [-0.05, 0) is 54.7 Å². The molecular weight excluding hydrogens is 1180 g/mol. The van der Waals surface area contributed by atoms with Gasteiger partial charge in [-0.2, -0.15) is 0 Å². The summed E-state index contributed by atoms with van der Waals surface area (Å²) in [5, 5.41) is 10.5. The van der Waals surface area contributed by atoms with Crippen LogP contribution in [0.15, 0.2) is 49.6 Å². The first-order valence-electron chi connectivity index (χ1n) is 25.7. The molecule has 32 nitrogen and oxygen atoms in total. The fourth-order valence-electron chi connectivity index (χ4n) is 8.85. The van der Waals surface area contributed by atoms with E-state index in [0.29, 0.717) is 11.3 Å². The van der Waals surface area contributed by atoms with Crippen molar-refractivity contribution in [2.75, 3.05) is 43.1 Å². The number of hydrogen-bond donors (Lipinski definition) is 9. The molecule has 5 amide bonds. The molecule has 11 N–H and O–H groups in total. The fourth-order valence-corrected chi connectivity index (χ4v) is 11.8. The zero-order valence-corrected chi connectivity index (χ0v) is 48.0. The molecule has 5 aromatic rings. The lowest BCUT2D eigenvalue weighted by atomic mass is 10.0. The van der Waals surface area contributed by atoms with Crippen LogP contribution in [0.5, 0.6) is 0 Å². The van der Waals surface area contributed by atoms with Gasteiger partial charge in [-0.15, -0.1) is 0 Å². The highest BCUT2D eigenvalue weighted by Crippen LogP contribution is 2.59. The largest absolute Gasteiger partial charge is 0.508 e. The van der Waals surface area contributed by atoms with E-state index in [0.717, 1.165) is 12.7 Å². The number of halogens is 1. The minimum atomic E-state index is -4.56. The highest BCUT2D eigenvalue weighted by atomic mass is 32.7. The zero-order valence-electron chi connectivity index (χ0n) is 44.5. The van der Waals surface area contributed by atoms with Gasteiger partial charge in [0.1, 0.15) is 66.8 Å². The predicted octanol–water partition coefficient (Wildman–Crippen LogP) is 2.50. The molecule has 0 bridgehead atoms. The number of rotatable bonds is 20. The van der Waals surface area contributed by atoms with E-state index < -0.39 is 118 Å². The van der Waals surface area contributed by atoms with E-state index in [1.165, 1.54) is 33.9 Å². The van der Waals surface area contributed by atoms with Crippen LogP contribution in [0.1, 0.15) is 70.9 Å². The monoisotopic (exact) mass is 1240 g/mol. The summed E-state index contributed by atoms with van der Waals surface area (Å²) in [6, 6.07) is 3.47. The van der Waals surface area contributed by atoms with Crippen LogP contribution in [0.4, 0.5) is 31.3 Å². The molecule has 0 radical (unpaired) electrons. The number of benzene rings is 1. The van der Waals surface area contributed by atoms with Gasteiger partial charge in [-0.25, -0.2) is 48.4 Å². The maximum Gasteiger partial charge on any atom is 0.508 e. The Bertz CT molecular complexity index is 3280. The molecule has 3 saturated heterocycles. The molecule has 3 fully saturated rings. The summed E-state index contributed by atoms with van der Waals surface area (Å²) in [4.78, 5) is 113. The van der Waals surface area contributed by atoms with Crippen LogP contribution < -0.4 is 38.5 Å². The third-order valence-corrected chi connectivity index (χ3v) is 16.1. The average Bonchev–Trinajstić information content (AvgIpc) is 3.31. The second kappa shape index (κ2) is 27.3. The van der Waals surface area contributed by atoms with E-state index in [4.69, 9.17) is 70.8 Å². The molecule has 37 heteroatoms. The smallest absolute Gasteiger partial charge is 0.455 e. The summed E-state index contributed by atoms with van der Waals surface area (Å²) >= 11 is 9.56. The van der Waals surface area contributed by atoms with Crippen LogP contribution in [0.2, 0.25) is 0 Å². The second-order valence-electron chi connectivity index (χ2n) is 19.2. The Hall–Kier alpha value is -6.78. The number of fused-ring (bicyclic) bond motifs is 4. The average molecular weight is 1240 g/mol. The van der Waals surface area contributed by atoms with E-state index in [2.05, 4.69) is 63.4 Å². The molecule has 4 aromatic heterocycles. The van der Waals surface area contributed by atoms with Gasteiger partial charge in [0.2, 0.25) is 17.7 Å². The topological polar surface area (TPSA) is 436 Å². The second-order valence-corrected chi connectivity index (χ2v) is 24.8. The first kappa shape index (κ1) is 62.3. The molecule has 2 unspecified atom stereocenters. The van der Waals surface area contributed by atoms with Crippen molar-refractivity contribution in [1.29, 1.82) is 0 Å². The summed E-state index contributed by atoms with van der Waals surface area (Å²) in [5.41, 5.74) is 18.5. The van der Waals surface area contributed by atoms with E-state index in [-0.39, 0.29) is 97.7 Å². The van der Waals surface area contributed by atoms with Crippen LogP contribution in [0.25, 0.3) is 22.3 Å². The number of carbonyl (C=O) groups is 6. The van der Waals surface area contributed by atoms with E-state index in [1.807, 2.05) is 0 Å². The molecule has 8 rings (SSSR count). The molecule has 83 heavy (non-hydrogen) atoms. The Morgan fingerprint density at radius 2 is 1.48 bits per heavy atom. The Labute approximate surface area is 481 Å². The Morgan fingerprint density at radius 1 is 0.855 bits per heavy atom. The highest BCUT2D eigenvalue weighted by Gasteiger charge is 2.55. The van der Waals surface area contributed by atoms with Gasteiger partial charge in [-0.1, -0.05) is 45.2 Å². The molecule has 450 valence electrons.